The largest absolute Gasteiger partial charge is 0.298 e. The Balaban J connectivity index is 1.47. The Morgan fingerprint density at radius 2 is 1.70 bits per heavy atom. The lowest BCUT2D eigenvalue weighted by Crippen LogP contribution is -2.14. The summed E-state index contributed by atoms with van der Waals surface area (Å²) in [6.07, 6.45) is 0. The standard InChI is InChI=1S/C20H13ClFN3O3S2/c21-13-6-10-15(11-7-13)30(27,28)25-14-8-4-12(5-9-14)19(26)24-20-23-18-16(22)2-1-3-17(18)29-20/h1-11,25H,(H,23,24,26). The summed E-state index contributed by atoms with van der Waals surface area (Å²) in [4.78, 5) is 16.6. The van der Waals surface area contributed by atoms with Crippen LogP contribution in [0.1, 0.15) is 10.4 Å². The molecule has 0 fully saturated rings. The molecule has 0 unspecified atom stereocenters. The van der Waals surface area contributed by atoms with Crippen LogP contribution in [0.3, 0.4) is 0 Å². The number of rotatable bonds is 5. The zero-order valence-electron chi connectivity index (χ0n) is 15.1. The van der Waals surface area contributed by atoms with Gasteiger partial charge in [0, 0.05) is 16.3 Å². The number of hydrogen-bond acceptors (Lipinski definition) is 5. The number of nitrogens with one attached hydrogen (secondary N) is 2. The monoisotopic (exact) mass is 461 g/mol. The fourth-order valence-corrected chi connectivity index (χ4v) is 4.72. The lowest BCUT2D eigenvalue weighted by molar-refractivity contribution is 0.102. The smallest absolute Gasteiger partial charge is 0.261 e. The minimum Gasteiger partial charge on any atom is -0.298 e. The molecule has 0 aliphatic rings. The van der Waals surface area contributed by atoms with Crippen LogP contribution < -0.4 is 10.0 Å². The van der Waals surface area contributed by atoms with Gasteiger partial charge in [-0.15, -0.1) is 0 Å². The predicted molar refractivity (Wildman–Crippen MR) is 116 cm³/mol. The Morgan fingerprint density at radius 3 is 2.37 bits per heavy atom. The van der Waals surface area contributed by atoms with E-state index in [4.69, 9.17) is 11.6 Å². The summed E-state index contributed by atoms with van der Waals surface area (Å²) < 4.78 is 41.6. The molecule has 1 amide bonds. The summed E-state index contributed by atoms with van der Waals surface area (Å²) in [5, 5.41) is 3.33. The number of benzene rings is 3. The summed E-state index contributed by atoms with van der Waals surface area (Å²) in [7, 11) is -3.78. The number of carbonyl (C=O) groups is 1. The van der Waals surface area contributed by atoms with Gasteiger partial charge in [-0.25, -0.2) is 17.8 Å². The van der Waals surface area contributed by atoms with E-state index in [9.17, 15) is 17.6 Å². The van der Waals surface area contributed by atoms with E-state index in [0.717, 1.165) is 11.3 Å². The van der Waals surface area contributed by atoms with Gasteiger partial charge in [-0.3, -0.25) is 14.8 Å². The van der Waals surface area contributed by atoms with Crippen molar-refractivity contribution in [3.8, 4) is 0 Å². The number of aromatic nitrogens is 1. The van der Waals surface area contributed by atoms with Crippen LogP contribution in [0.5, 0.6) is 0 Å². The zero-order valence-corrected chi connectivity index (χ0v) is 17.5. The van der Waals surface area contributed by atoms with Gasteiger partial charge in [-0.1, -0.05) is 29.0 Å². The number of sulfonamides is 1. The van der Waals surface area contributed by atoms with E-state index < -0.39 is 21.7 Å². The van der Waals surface area contributed by atoms with E-state index in [1.165, 1.54) is 54.6 Å². The van der Waals surface area contributed by atoms with Crippen LogP contribution in [-0.4, -0.2) is 19.3 Å². The highest BCUT2D eigenvalue weighted by atomic mass is 35.5. The number of fused-ring (bicyclic) bond motifs is 1. The van der Waals surface area contributed by atoms with Gasteiger partial charge in [-0.2, -0.15) is 0 Å². The van der Waals surface area contributed by atoms with E-state index in [1.807, 2.05) is 0 Å². The van der Waals surface area contributed by atoms with Crippen molar-refractivity contribution >= 4 is 59.9 Å². The van der Waals surface area contributed by atoms with Crippen molar-refractivity contribution in [1.29, 1.82) is 0 Å². The summed E-state index contributed by atoms with van der Waals surface area (Å²) in [6.45, 7) is 0. The van der Waals surface area contributed by atoms with Gasteiger partial charge in [0.05, 0.1) is 9.60 Å². The number of para-hydroxylation sites is 1. The highest BCUT2D eigenvalue weighted by Gasteiger charge is 2.15. The van der Waals surface area contributed by atoms with Gasteiger partial charge in [0.25, 0.3) is 15.9 Å². The molecule has 0 atom stereocenters. The third-order valence-electron chi connectivity index (χ3n) is 4.11. The highest BCUT2D eigenvalue weighted by molar-refractivity contribution is 7.92. The summed E-state index contributed by atoms with van der Waals surface area (Å²) in [5.41, 5.74) is 0.789. The number of anilines is 2. The minimum atomic E-state index is -3.78. The maximum absolute atomic E-state index is 13.8. The van der Waals surface area contributed by atoms with E-state index in [1.54, 1.807) is 12.1 Å². The number of halogens is 2. The Morgan fingerprint density at radius 1 is 1.00 bits per heavy atom. The average molecular weight is 462 g/mol. The van der Waals surface area contributed by atoms with Gasteiger partial charge >= 0.3 is 0 Å². The molecule has 2 N–H and O–H groups in total. The topological polar surface area (TPSA) is 88.2 Å². The van der Waals surface area contributed by atoms with Crippen molar-refractivity contribution < 1.29 is 17.6 Å². The van der Waals surface area contributed by atoms with E-state index in [2.05, 4.69) is 15.0 Å². The van der Waals surface area contributed by atoms with Gasteiger partial charge in [0.1, 0.15) is 11.3 Å². The first-order valence-corrected chi connectivity index (χ1v) is 11.2. The quantitative estimate of drug-likeness (QED) is 0.430. The van der Waals surface area contributed by atoms with Crippen LogP contribution in [0.2, 0.25) is 5.02 Å². The molecule has 0 aliphatic heterocycles. The molecule has 4 rings (SSSR count). The van der Waals surface area contributed by atoms with Crippen molar-refractivity contribution in [3.05, 3.63) is 83.1 Å². The maximum Gasteiger partial charge on any atom is 0.261 e. The molecular formula is C20H13ClFN3O3S2. The Bertz CT molecular complexity index is 1340. The molecule has 6 nitrogen and oxygen atoms in total. The predicted octanol–water partition coefficient (Wildman–Crippen LogP) is 5.14. The van der Waals surface area contributed by atoms with Crippen LogP contribution in [0.4, 0.5) is 15.2 Å². The molecule has 4 aromatic rings. The first-order valence-electron chi connectivity index (χ1n) is 8.57. The van der Waals surface area contributed by atoms with Gasteiger partial charge in [0.2, 0.25) is 0 Å². The molecule has 0 spiro atoms. The lowest BCUT2D eigenvalue weighted by Gasteiger charge is -2.09. The zero-order chi connectivity index (χ0) is 21.3. The fourth-order valence-electron chi connectivity index (χ4n) is 2.66. The maximum atomic E-state index is 13.8. The van der Waals surface area contributed by atoms with E-state index >= 15 is 0 Å². The molecule has 0 saturated heterocycles. The molecule has 10 heteroatoms. The van der Waals surface area contributed by atoms with Gasteiger partial charge in [-0.05, 0) is 60.7 Å². The Kier molecular flexibility index (Phi) is 5.42. The molecule has 1 aromatic heterocycles. The third kappa shape index (κ3) is 4.28. The second-order valence-corrected chi connectivity index (χ2v) is 9.35. The third-order valence-corrected chi connectivity index (χ3v) is 6.70. The summed E-state index contributed by atoms with van der Waals surface area (Å²) >= 11 is 6.94. The van der Waals surface area contributed by atoms with Crippen LogP contribution >= 0.6 is 22.9 Å². The van der Waals surface area contributed by atoms with Crippen molar-refractivity contribution in [2.24, 2.45) is 0 Å². The van der Waals surface area contributed by atoms with Crippen LogP contribution in [-0.2, 0) is 10.0 Å². The van der Waals surface area contributed by atoms with Crippen molar-refractivity contribution in [2.45, 2.75) is 4.90 Å². The van der Waals surface area contributed by atoms with Gasteiger partial charge in [0.15, 0.2) is 5.13 Å². The molecule has 30 heavy (non-hydrogen) atoms. The van der Waals surface area contributed by atoms with E-state index in [0.29, 0.717) is 21.0 Å². The van der Waals surface area contributed by atoms with Crippen molar-refractivity contribution in [1.82, 2.24) is 4.98 Å². The van der Waals surface area contributed by atoms with Crippen LogP contribution in [0.15, 0.2) is 71.6 Å². The fraction of sp³-hybridized carbons (Fsp3) is 0. The molecule has 1 heterocycles. The van der Waals surface area contributed by atoms with Crippen molar-refractivity contribution in [2.75, 3.05) is 10.0 Å². The molecule has 152 valence electrons. The normalized spacial score (nSPS) is 11.4. The summed E-state index contributed by atoms with van der Waals surface area (Å²) in [5.74, 6) is -0.900. The number of carbonyl (C=O) groups excluding carboxylic acids is 1. The summed E-state index contributed by atoms with van der Waals surface area (Å²) in [6, 6.07) is 16.2. The highest BCUT2D eigenvalue weighted by Crippen LogP contribution is 2.28. The van der Waals surface area contributed by atoms with E-state index in [-0.39, 0.29) is 15.5 Å². The number of thiazole rings is 1. The Hall–Kier alpha value is -3.01. The number of hydrogen-bond donors (Lipinski definition) is 2. The molecular weight excluding hydrogens is 449 g/mol. The number of nitrogens with zero attached hydrogens (tertiary/aromatic N) is 1. The molecule has 0 saturated carbocycles. The molecule has 0 radical (unpaired) electrons. The number of amides is 1. The average Bonchev–Trinajstić information content (AvgIpc) is 3.12. The molecule has 0 bridgehead atoms. The minimum absolute atomic E-state index is 0.0665. The molecule has 0 aliphatic carbocycles. The second-order valence-electron chi connectivity index (χ2n) is 6.20. The Labute approximate surface area is 180 Å². The van der Waals surface area contributed by atoms with Crippen LogP contribution in [0.25, 0.3) is 10.2 Å². The van der Waals surface area contributed by atoms with Crippen molar-refractivity contribution in [3.63, 3.8) is 0 Å². The lowest BCUT2D eigenvalue weighted by atomic mass is 10.2. The van der Waals surface area contributed by atoms with Gasteiger partial charge < -0.3 is 0 Å². The first kappa shape index (κ1) is 20.3. The van der Waals surface area contributed by atoms with Crippen LogP contribution in [0, 0.1) is 5.82 Å². The first-order chi connectivity index (χ1) is 14.3. The second kappa shape index (κ2) is 8.02. The SMILES string of the molecule is O=C(Nc1nc2c(F)cccc2s1)c1ccc(NS(=O)(=O)c2ccc(Cl)cc2)cc1. The molecule has 3 aromatic carbocycles.